The van der Waals surface area contributed by atoms with Crippen LogP contribution in [0, 0.1) is 5.92 Å². The van der Waals surface area contributed by atoms with Crippen molar-refractivity contribution < 1.29 is 28.5 Å². The van der Waals surface area contributed by atoms with Crippen molar-refractivity contribution in [2.24, 2.45) is 5.92 Å². The topological polar surface area (TPSA) is 141 Å². The lowest BCUT2D eigenvalue weighted by Crippen LogP contribution is -2.35. The Morgan fingerprint density at radius 3 is 2.32 bits per heavy atom. The van der Waals surface area contributed by atoms with Gasteiger partial charge in [0.05, 0.1) is 24.1 Å². The smallest absolute Gasteiger partial charge is 0.338 e. The number of imidazole rings is 1. The van der Waals surface area contributed by atoms with E-state index in [-0.39, 0.29) is 24.4 Å². The summed E-state index contributed by atoms with van der Waals surface area (Å²) < 4.78 is 25.1. The number of ether oxygens (including phenoxy) is 4. The van der Waals surface area contributed by atoms with Gasteiger partial charge in [-0.2, -0.15) is 9.97 Å². The molecule has 1 aliphatic heterocycles. The molecule has 2 aromatic heterocycles. The quantitative estimate of drug-likeness (QED) is 0.346. The summed E-state index contributed by atoms with van der Waals surface area (Å²) in [4.78, 5) is 38.5. The standard InChI is InChI=1S/C27H27N5O6/c1-3-35-23-20-22(30-27(28)31-23)32(15-29-20)24-16(2)21(38-26(34)18-12-8-5-9-13-18)19(37-24)14-36-25(33)17-10-6-4-7-11-17/h4-13,15-16,19,21,24H,3,14H2,1-2H3,(H2,28,30,31). The van der Waals surface area contributed by atoms with Crippen molar-refractivity contribution in [3.63, 3.8) is 0 Å². The molecule has 0 radical (unpaired) electrons. The molecule has 4 unspecified atom stereocenters. The average Bonchev–Trinajstić information content (AvgIpc) is 3.49. The summed E-state index contributed by atoms with van der Waals surface area (Å²) in [6, 6.07) is 17.3. The number of fused-ring (bicyclic) bond motifs is 1. The van der Waals surface area contributed by atoms with E-state index in [1.807, 2.05) is 26.0 Å². The molecule has 1 aliphatic rings. The number of benzene rings is 2. The van der Waals surface area contributed by atoms with Gasteiger partial charge in [-0.25, -0.2) is 14.6 Å². The number of hydrogen-bond donors (Lipinski definition) is 1. The van der Waals surface area contributed by atoms with Crippen LogP contribution in [0.25, 0.3) is 11.2 Å². The fourth-order valence-electron chi connectivity index (χ4n) is 4.43. The van der Waals surface area contributed by atoms with Gasteiger partial charge in [-0.1, -0.05) is 43.3 Å². The first-order chi connectivity index (χ1) is 18.5. The van der Waals surface area contributed by atoms with E-state index >= 15 is 0 Å². The molecule has 38 heavy (non-hydrogen) atoms. The second kappa shape index (κ2) is 10.9. The van der Waals surface area contributed by atoms with Crippen LogP contribution in [0.1, 0.15) is 40.8 Å². The third kappa shape index (κ3) is 5.00. The molecule has 3 heterocycles. The highest BCUT2D eigenvalue weighted by Gasteiger charge is 2.46. The monoisotopic (exact) mass is 517 g/mol. The van der Waals surface area contributed by atoms with Crippen LogP contribution in [0.2, 0.25) is 0 Å². The summed E-state index contributed by atoms with van der Waals surface area (Å²) in [5.74, 6) is -1.10. The predicted molar refractivity (Wildman–Crippen MR) is 136 cm³/mol. The number of aromatic nitrogens is 4. The molecule has 1 fully saturated rings. The number of carbonyl (C=O) groups is 2. The van der Waals surface area contributed by atoms with E-state index in [1.54, 1.807) is 59.4 Å². The summed E-state index contributed by atoms with van der Waals surface area (Å²) >= 11 is 0. The van der Waals surface area contributed by atoms with Crippen LogP contribution in [0.3, 0.4) is 0 Å². The molecule has 5 rings (SSSR count). The van der Waals surface area contributed by atoms with Gasteiger partial charge in [0.1, 0.15) is 25.0 Å². The Kier molecular flexibility index (Phi) is 7.18. The summed E-state index contributed by atoms with van der Waals surface area (Å²) in [5, 5.41) is 0. The van der Waals surface area contributed by atoms with E-state index in [1.165, 1.54) is 0 Å². The number of hydrogen-bond acceptors (Lipinski definition) is 10. The molecule has 0 bridgehead atoms. The molecule has 2 N–H and O–H groups in total. The molecule has 0 spiro atoms. The summed E-state index contributed by atoms with van der Waals surface area (Å²) in [6.45, 7) is 3.96. The number of rotatable bonds is 8. The van der Waals surface area contributed by atoms with Gasteiger partial charge in [0, 0.05) is 5.92 Å². The van der Waals surface area contributed by atoms with Gasteiger partial charge in [-0.3, -0.25) is 4.57 Å². The zero-order valence-electron chi connectivity index (χ0n) is 20.9. The zero-order valence-corrected chi connectivity index (χ0v) is 20.9. The third-order valence-corrected chi connectivity index (χ3v) is 6.25. The molecule has 1 saturated heterocycles. The van der Waals surface area contributed by atoms with Crippen molar-refractivity contribution in [3.8, 4) is 5.88 Å². The lowest BCUT2D eigenvalue weighted by atomic mass is 10.0. The molecule has 0 saturated carbocycles. The normalized spacial score (nSPS) is 20.8. The molecule has 4 atom stereocenters. The maximum absolute atomic E-state index is 13.0. The SMILES string of the molecule is CCOc1nc(N)nc2c1ncn2C1OC(COC(=O)c2ccccc2)C(OC(=O)c2ccccc2)C1C. The van der Waals surface area contributed by atoms with E-state index in [2.05, 4.69) is 15.0 Å². The Balaban J connectivity index is 1.43. The summed E-state index contributed by atoms with van der Waals surface area (Å²) in [6.07, 6.45) is -0.591. The molecule has 0 aliphatic carbocycles. The molecule has 11 heteroatoms. The first kappa shape index (κ1) is 25.2. The van der Waals surface area contributed by atoms with Crippen molar-refractivity contribution in [2.45, 2.75) is 32.3 Å². The Labute approximate surface area is 218 Å². The van der Waals surface area contributed by atoms with Crippen LogP contribution >= 0.6 is 0 Å². The lowest BCUT2D eigenvalue weighted by molar-refractivity contribution is -0.0567. The van der Waals surface area contributed by atoms with Crippen molar-refractivity contribution in [1.82, 2.24) is 19.5 Å². The Morgan fingerprint density at radius 2 is 1.66 bits per heavy atom. The number of carbonyl (C=O) groups excluding carboxylic acids is 2. The van der Waals surface area contributed by atoms with Gasteiger partial charge < -0.3 is 24.7 Å². The molecular weight excluding hydrogens is 490 g/mol. The fourth-order valence-corrected chi connectivity index (χ4v) is 4.43. The molecule has 0 amide bonds. The Hall–Kier alpha value is -4.51. The van der Waals surface area contributed by atoms with E-state index in [4.69, 9.17) is 24.7 Å². The van der Waals surface area contributed by atoms with E-state index in [9.17, 15) is 9.59 Å². The largest absolute Gasteiger partial charge is 0.476 e. The van der Waals surface area contributed by atoms with Gasteiger partial charge in [-0.15, -0.1) is 0 Å². The highest BCUT2D eigenvalue weighted by Crippen LogP contribution is 2.39. The Bertz CT molecular complexity index is 1430. The van der Waals surface area contributed by atoms with Crippen molar-refractivity contribution in [2.75, 3.05) is 18.9 Å². The second-order valence-corrected chi connectivity index (χ2v) is 8.77. The number of nitrogens with two attached hydrogens (primary N) is 1. The first-order valence-corrected chi connectivity index (χ1v) is 12.2. The van der Waals surface area contributed by atoms with Gasteiger partial charge in [0.15, 0.2) is 11.2 Å². The fraction of sp³-hybridized carbons (Fsp3) is 0.296. The molecule has 2 aromatic carbocycles. The van der Waals surface area contributed by atoms with Gasteiger partial charge in [0.25, 0.3) is 0 Å². The minimum Gasteiger partial charge on any atom is -0.476 e. The lowest BCUT2D eigenvalue weighted by Gasteiger charge is -2.21. The minimum atomic E-state index is -0.752. The van der Waals surface area contributed by atoms with E-state index in [0.717, 1.165) is 0 Å². The number of nitrogen functional groups attached to an aromatic ring is 1. The third-order valence-electron chi connectivity index (χ3n) is 6.25. The first-order valence-electron chi connectivity index (χ1n) is 12.2. The summed E-state index contributed by atoms with van der Waals surface area (Å²) in [7, 11) is 0. The molecule has 196 valence electrons. The van der Waals surface area contributed by atoms with Gasteiger partial charge >= 0.3 is 11.9 Å². The Morgan fingerprint density at radius 1 is 1.00 bits per heavy atom. The maximum Gasteiger partial charge on any atom is 0.338 e. The minimum absolute atomic E-state index is 0.0220. The number of nitrogens with zero attached hydrogens (tertiary/aromatic N) is 4. The number of anilines is 1. The van der Waals surface area contributed by atoms with Gasteiger partial charge in [-0.05, 0) is 31.2 Å². The van der Waals surface area contributed by atoms with E-state index < -0.39 is 30.4 Å². The van der Waals surface area contributed by atoms with Crippen molar-refractivity contribution in [1.29, 1.82) is 0 Å². The number of esters is 2. The van der Waals surface area contributed by atoms with Crippen LogP contribution in [0.5, 0.6) is 5.88 Å². The molecular formula is C27H27N5O6. The zero-order chi connectivity index (χ0) is 26.6. The summed E-state index contributed by atoms with van der Waals surface area (Å²) in [5.41, 5.74) is 7.57. The van der Waals surface area contributed by atoms with Crippen molar-refractivity contribution in [3.05, 3.63) is 78.1 Å². The molecule has 4 aromatic rings. The van der Waals surface area contributed by atoms with Crippen LogP contribution < -0.4 is 10.5 Å². The highest BCUT2D eigenvalue weighted by molar-refractivity contribution is 5.90. The molecule has 11 nitrogen and oxygen atoms in total. The highest BCUT2D eigenvalue weighted by atomic mass is 16.6. The predicted octanol–water partition coefficient (Wildman–Crippen LogP) is 3.42. The van der Waals surface area contributed by atoms with E-state index in [0.29, 0.717) is 28.9 Å². The van der Waals surface area contributed by atoms with Gasteiger partial charge in [0.2, 0.25) is 11.8 Å². The van der Waals surface area contributed by atoms with Crippen LogP contribution in [-0.4, -0.2) is 56.9 Å². The maximum atomic E-state index is 13.0. The van der Waals surface area contributed by atoms with Crippen LogP contribution in [0.15, 0.2) is 67.0 Å². The van der Waals surface area contributed by atoms with Crippen LogP contribution in [0.4, 0.5) is 5.95 Å². The second-order valence-electron chi connectivity index (χ2n) is 8.77. The van der Waals surface area contributed by atoms with Crippen molar-refractivity contribution >= 4 is 29.1 Å². The van der Waals surface area contributed by atoms with Crippen LogP contribution in [-0.2, 0) is 14.2 Å². The average molecular weight is 518 g/mol.